The van der Waals surface area contributed by atoms with Crippen molar-refractivity contribution >= 4 is 12.0 Å². The molecular formula is C15H20N2O. The number of likely N-dealkylation sites (tertiary alicyclic amines) is 1. The summed E-state index contributed by atoms with van der Waals surface area (Å²) in [4.78, 5) is 18.6. The summed E-state index contributed by atoms with van der Waals surface area (Å²) in [5.41, 5.74) is 1.52. The minimum Gasteiger partial charge on any atom is -0.339 e. The number of amides is 1. The summed E-state index contributed by atoms with van der Waals surface area (Å²) in [6.07, 6.45) is 10.2. The van der Waals surface area contributed by atoms with Gasteiger partial charge in [-0.3, -0.25) is 9.78 Å². The SMILES string of the molecule is CCC/C=C/c1ncccc1C(=O)N1CCCC1. The van der Waals surface area contributed by atoms with Gasteiger partial charge in [-0.25, -0.2) is 0 Å². The highest BCUT2D eigenvalue weighted by Gasteiger charge is 2.21. The molecule has 0 spiro atoms. The number of allylic oxidation sites excluding steroid dienone is 1. The zero-order valence-corrected chi connectivity index (χ0v) is 10.9. The first kappa shape index (κ1) is 12.8. The molecule has 0 aromatic carbocycles. The maximum Gasteiger partial charge on any atom is 0.256 e. The molecule has 0 atom stereocenters. The Morgan fingerprint density at radius 2 is 2.22 bits per heavy atom. The molecule has 1 aromatic heterocycles. The smallest absolute Gasteiger partial charge is 0.256 e. The Labute approximate surface area is 109 Å². The van der Waals surface area contributed by atoms with Crippen LogP contribution < -0.4 is 0 Å². The van der Waals surface area contributed by atoms with Crippen LogP contribution in [-0.2, 0) is 0 Å². The van der Waals surface area contributed by atoms with Crippen molar-refractivity contribution < 1.29 is 4.79 Å². The predicted octanol–water partition coefficient (Wildman–Crippen LogP) is 3.13. The van der Waals surface area contributed by atoms with Gasteiger partial charge in [0.15, 0.2) is 0 Å². The van der Waals surface area contributed by atoms with Crippen LogP contribution in [0, 0.1) is 0 Å². The van der Waals surface area contributed by atoms with E-state index in [1.807, 2.05) is 23.1 Å². The minimum absolute atomic E-state index is 0.122. The molecule has 18 heavy (non-hydrogen) atoms. The summed E-state index contributed by atoms with van der Waals surface area (Å²) in [6, 6.07) is 3.71. The Morgan fingerprint density at radius 3 is 2.94 bits per heavy atom. The van der Waals surface area contributed by atoms with Crippen LogP contribution in [0.4, 0.5) is 0 Å². The Hall–Kier alpha value is -1.64. The molecule has 1 fully saturated rings. The monoisotopic (exact) mass is 244 g/mol. The fourth-order valence-electron chi connectivity index (χ4n) is 2.18. The van der Waals surface area contributed by atoms with Gasteiger partial charge in [0, 0.05) is 19.3 Å². The van der Waals surface area contributed by atoms with Crippen LogP contribution in [0.15, 0.2) is 24.4 Å². The van der Waals surface area contributed by atoms with Crippen LogP contribution in [0.5, 0.6) is 0 Å². The molecule has 1 aromatic rings. The summed E-state index contributed by atoms with van der Waals surface area (Å²) in [6.45, 7) is 3.90. The van der Waals surface area contributed by atoms with E-state index < -0.39 is 0 Å². The Bertz CT molecular complexity index is 434. The highest BCUT2D eigenvalue weighted by Crippen LogP contribution is 2.16. The van der Waals surface area contributed by atoms with Crippen molar-refractivity contribution in [3.63, 3.8) is 0 Å². The lowest BCUT2D eigenvalue weighted by molar-refractivity contribution is 0.0792. The molecule has 3 heteroatoms. The van der Waals surface area contributed by atoms with Crippen molar-refractivity contribution in [1.29, 1.82) is 0 Å². The molecule has 0 aliphatic carbocycles. The van der Waals surface area contributed by atoms with Gasteiger partial charge in [0.1, 0.15) is 0 Å². The van der Waals surface area contributed by atoms with Crippen molar-refractivity contribution in [2.75, 3.05) is 13.1 Å². The quantitative estimate of drug-likeness (QED) is 0.815. The van der Waals surface area contributed by atoms with Crippen molar-refractivity contribution in [3.05, 3.63) is 35.7 Å². The van der Waals surface area contributed by atoms with Crippen LogP contribution in [0.1, 0.15) is 48.7 Å². The zero-order chi connectivity index (χ0) is 12.8. The van der Waals surface area contributed by atoms with Gasteiger partial charge in [-0.05, 0) is 37.5 Å². The lowest BCUT2D eigenvalue weighted by atomic mass is 10.1. The van der Waals surface area contributed by atoms with E-state index in [0.29, 0.717) is 0 Å². The molecule has 2 rings (SSSR count). The van der Waals surface area contributed by atoms with E-state index in [1.165, 1.54) is 0 Å². The summed E-state index contributed by atoms with van der Waals surface area (Å²) in [5, 5.41) is 0. The number of unbranched alkanes of at least 4 members (excludes halogenated alkanes) is 1. The van der Waals surface area contributed by atoms with Gasteiger partial charge in [0.25, 0.3) is 5.91 Å². The average Bonchev–Trinajstić information content (AvgIpc) is 2.93. The average molecular weight is 244 g/mol. The molecule has 0 radical (unpaired) electrons. The molecule has 1 amide bonds. The van der Waals surface area contributed by atoms with Gasteiger partial charge in [-0.1, -0.05) is 19.4 Å². The Balaban J connectivity index is 2.18. The summed E-state index contributed by atoms with van der Waals surface area (Å²) < 4.78 is 0. The van der Waals surface area contributed by atoms with Crippen molar-refractivity contribution in [3.8, 4) is 0 Å². The van der Waals surface area contributed by atoms with Gasteiger partial charge < -0.3 is 4.90 Å². The van der Waals surface area contributed by atoms with Gasteiger partial charge in [-0.2, -0.15) is 0 Å². The van der Waals surface area contributed by atoms with Crippen molar-refractivity contribution in [2.24, 2.45) is 0 Å². The lowest BCUT2D eigenvalue weighted by Gasteiger charge is -2.16. The summed E-state index contributed by atoms with van der Waals surface area (Å²) >= 11 is 0. The second-order valence-corrected chi connectivity index (χ2v) is 4.63. The summed E-state index contributed by atoms with van der Waals surface area (Å²) in [7, 11) is 0. The third kappa shape index (κ3) is 2.97. The highest BCUT2D eigenvalue weighted by molar-refractivity contribution is 5.97. The second-order valence-electron chi connectivity index (χ2n) is 4.63. The third-order valence-electron chi connectivity index (χ3n) is 3.19. The fraction of sp³-hybridized carbons (Fsp3) is 0.467. The van der Waals surface area contributed by atoms with E-state index in [4.69, 9.17) is 0 Å². The Kier molecular flexibility index (Phi) is 4.51. The number of pyridine rings is 1. The maximum absolute atomic E-state index is 12.4. The van der Waals surface area contributed by atoms with E-state index in [1.54, 1.807) is 6.20 Å². The molecule has 0 N–H and O–H groups in total. The highest BCUT2D eigenvalue weighted by atomic mass is 16.2. The van der Waals surface area contributed by atoms with E-state index >= 15 is 0 Å². The number of aromatic nitrogens is 1. The standard InChI is InChI=1S/C15H20N2O/c1-2-3-4-9-14-13(8-7-10-16-14)15(18)17-11-5-6-12-17/h4,7-10H,2-3,5-6,11-12H2,1H3/b9-4+. The number of hydrogen-bond donors (Lipinski definition) is 0. The lowest BCUT2D eigenvalue weighted by Crippen LogP contribution is -2.28. The minimum atomic E-state index is 0.122. The first-order valence-corrected chi connectivity index (χ1v) is 6.73. The van der Waals surface area contributed by atoms with Crippen molar-refractivity contribution in [2.45, 2.75) is 32.6 Å². The molecular weight excluding hydrogens is 224 g/mol. The molecule has 2 heterocycles. The van der Waals surface area contributed by atoms with Gasteiger partial charge >= 0.3 is 0 Å². The number of carbonyl (C=O) groups excluding carboxylic acids is 1. The van der Waals surface area contributed by atoms with Crippen LogP contribution >= 0.6 is 0 Å². The number of hydrogen-bond acceptors (Lipinski definition) is 2. The zero-order valence-electron chi connectivity index (χ0n) is 10.9. The molecule has 0 unspecified atom stereocenters. The fourth-order valence-corrected chi connectivity index (χ4v) is 2.18. The Morgan fingerprint density at radius 1 is 1.44 bits per heavy atom. The third-order valence-corrected chi connectivity index (χ3v) is 3.19. The van der Waals surface area contributed by atoms with E-state index in [2.05, 4.69) is 18.0 Å². The molecule has 1 saturated heterocycles. The molecule has 0 bridgehead atoms. The van der Waals surface area contributed by atoms with Crippen LogP contribution in [0.2, 0.25) is 0 Å². The molecule has 1 aliphatic heterocycles. The van der Waals surface area contributed by atoms with E-state index in [0.717, 1.165) is 50.0 Å². The number of carbonyl (C=O) groups is 1. The maximum atomic E-state index is 12.4. The first-order chi connectivity index (χ1) is 8.83. The second kappa shape index (κ2) is 6.34. The van der Waals surface area contributed by atoms with Gasteiger partial charge in [-0.15, -0.1) is 0 Å². The van der Waals surface area contributed by atoms with Crippen molar-refractivity contribution in [1.82, 2.24) is 9.88 Å². The van der Waals surface area contributed by atoms with Crippen LogP contribution in [0.3, 0.4) is 0 Å². The molecule has 1 aliphatic rings. The van der Waals surface area contributed by atoms with E-state index in [9.17, 15) is 4.79 Å². The van der Waals surface area contributed by atoms with Gasteiger partial charge in [0.05, 0.1) is 11.3 Å². The van der Waals surface area contributed by atoms with Gasteiger partial charge in [0.2, 0.25) is 0 Å². The molecule has 0 saturated carbocycles. The largest absolute Gasteiger partial charge is 0.339 e. The van der Waals surface area contributed by atoms with Crippen LogP contribution in [-0.4, -0.2) is 28.9 Å². The topological polar surface area (TPSA) is 33.2 Å². The van der Waals surface area contributed by atoms with Crippen LogP contribution in [0.25, 0.3) is 6.08 Å². The molecule has 3 nitrogen and oxygen atoms in total. The normalized spacial score (nSPS) is 15.5. The molecule has 96 valence electrons. The first-order valence-electron chi connectivity index (χ1n) is 6.73. The van der Waals surface area contributed by atoms with E-state index in [-0.39, 0.29) is 5.91 Å². The summed E-state index contributed by atoms with van der Waals surface area (Å²) in [5.74, 6) is 0.122. The predicted molar refractivity (Wildman–Crippen MR) is 73.3 cm³/mol. The number of nitrogens with zero attached hydrogens (tertiary/aromatic N) is 2. The number of rotatable bonds is 4.